The van der Waals surface area contributed by atoms with Crippen molar-refractivity contribution in [3.8, 4) is 5.75 Å². The summed E-state index contributed by atoms with van der Waals surface area (Å²) < 4.78 is 6.18. The van der Waals surface area contributed by atoms with E-state index in [1.807, 2.05) is 24.4 Å². The fourth-order valence-corrected chi connectivity index (χ4v) is 3.65. The van der Waals surface area contributed by atoms with Gasteiger partial charge in [-0.2, -0.15) is 0 Å². The molecule has 0 radical (unpaired) electrons. The van der Waals surface area contributed by atoms with Crippen molar-refractivity contribution in [2.75, 3.05) is 44.7 Å². The lowest BCUT2D eigenvalue weighted by Crippen LogP contribution is -3.14. The van der Waals surface area contributed by atoms with Gasteiger partial charge >= 0.3 is 0 Å². The summed E-state index contributed by atoms with van der Waals surface area (Å²) in [5, 5.41) is 0. The number of piperazine rings is 1. The number of likely N-dealkylation sites (N-methyl/N-ethyl adjacent to an activating group) is 1. The van der Waals surface area contributed by atoms with Crippen molar-refractivity contribution in [2.24, 2.45) is 4.99 Å². The normalized spacial score (nSPS) is 15.7. The minimum atomic E-state index is 0.825. The first-order valence-electron chi connectivity index (χ1n) is 8.76. The van der Waals surface area contributed by atoms with Gasteiger partial charge in [-0.25, -0.2) is 0 Å². The summed E-state index contributed by atoms with van der Waals surface area (Å²) in [7, 11) is 1.67. The molecule has 0 amide bonds. The van der Waals surface area contributed by atoms with Crippen LogP contribution in [0.15, 0.2) is 51.9 Å². The molecule has 1 saturated heterocycles. The molecular formula is C20H25BrN3O+. The number of methoxy groups -OCH3 is 1. The van der Waals surface area contributed by atoms with E-state index >= 15 is 0 Å². The van der Waals surface area contributed by atoms with Gasteiger partial charge in [-0.05, 0) is 70.9 Å². The lowest BCUT2D eigenvalue weighted by Gasteiger charge is -2.33. The second kappa shape index (κ2) is 8.50. The summed E-state index contributed by atoms with van der Waals surface area (Å²) >= 11 is 3.50. The van der Waals surface area contributed by atoms with Crippen LogP contribution in [0.5, 0.6) is 5.75 Å². The van der Waals surface area contributed by atoms with E-state index in [2.05, 4.69) is 57.0 Å². The number of quaternary nitrogens is 1. The monoisotopic (exact) mass is 402 g/mol. The summed E-state index contributed by atoms with van der Waals surface area (Å²) in [6.07, 6.45) is 1.88. The number of hydrogen-bond acceptors (Lipinski definition) is 3. The van der Waals surface area contributed by atoms with E-state index in [-0.39, 0.29) is 0 Å². The van der Waals surface area contributed by atoms with Gasteiger partial charge in [-0.3, -0.25) is 4.99 Å². The molecular weight excluding hydrogens is 378 g/mol. The summed E-state index contributed by atoms with van der Waals surface area (Å²) in [5.41, 5.74) is 3.30. The third-order valence-corrected chi connectivity index (χ3v) is 5.34. The molecule has 0 spiro atoms. The maximum Gasteiger partial charge on any atom is 0.133 e. The summed E-state index contributed by atoms with van der Waals surface area (Å²) in [6, 6.07) is 14.5. The molecule has 2 aromatic carbocycles. The minimum Gasteiger partial charge on any atom is -0.496 e. The van der Waals surface area contributed by atoms with Crippen molar-refractivity contribution in [3.05, 3.63) is 52.5 Å². The SMILES string of the molecule is CC[NH+]1CCN(c2ccc(N=Cc3ccc(OC)c(Br)c3)cc2)CC1. The Morgan fingerprint density at radius 2 is 1.88 bits per heavy atom. The zero-order valence-electron chi connectivity index (χ0n) is 14.8. The van der Waals surface area contributed by atoms with Crippen molar-refractivity contribution >= 4 is 33.5 Å². The van der Waals surface area contributed by atoms with Gasteiger partial charge in [0.05, 0.1) is 50.0 Å². The first-order valence-corrected chi connectivity index (χ1v) is 9.55. The standard InChI is InChI=1S/C20H24BrN3O/c1-3-23-10-12-24(13-11-23)18-7-5-17(6-8-18)22-15-16-4-9-20(25-2)19(21)14-16/h4-9,14-15H,3,10-13H2,1-2H3/p+1. The molecule has 1 aliphatic heterocycles. The van der Waals surface area contributed by atoms with Crippen LogP contribution in [0.3, 0.4) is 0 Å². The van der Waals surface area contributed by atoms with Gasteiger partial charge in [-0.15, -0.1) is 0 Å². The third kappa shape index (κ3) is 4.61. The number of ether oxygens (including phenoxy) is 1. The first kappa shape index (κ1) is 18.0. The smallest absolute Gasteiger partial charge is 0.133 e. The van der Waals surface area contributed by atoms with Crippen LogP contribution in [0.25, 0.3) is 0 Å². The Hall–Kier alpha value is -1.85. The predicted octanol–water partition coefficient (Wildman–Crippen LogP) is 2.93. The van der Waals surface area contributed by atoms with E-state index in [0.29, 0.717) is 0 Å². The fourth-order valence-electron chi connectivity index (χ4n) is 3.10. The zero-order valence-corrected chi connectivity index (χ0v) is 16.4. The van der Waals surface area contributed by atoms with Gasteiger partial charge < -0.3 is 14.5 Å². The maximum absolute atomic E-state index is 5.25. The molecule has 0 unspecified atom stereocenters. The molecule has 4 nitrogen and oxygen atoms in total. The molecule has 1 heterocycles. The van der Waals surface area contributed by atoms with Gasteiger partial charge in [-0.1, -0.05) is 0 Å². The topological polar surface area (TPSA) is 29.3 Å². The highest BCUT2D eigenvalue weighted by Gasteiger charge is 2.18. The average Bonchev–Trinajstić information content (AvgIpc) is 2.67. The van der Waals surface area contributed by atoms with Crippen LogP contribution in [-0.4, -0.2) is 46.0 Å². The number of anilines is 1. The van der Waals surface area contributed by atoms with E-state index < -0.39 is 0 Å². The molecule has 3 rings (SSSR count). The number of aliphatic imine (C=N–C) groups is 1. The van der Waals surface area contributed by atoms with Gasteiger partial charge in [0.2, 0.25) is 0 Å². The van der Waals surface area contributed by atoms with Crippen LogP contribution < -0.4 is 14.5 Å². The number of benzene rings is 2. The second-order valence-electron chi connectivity index (χ2n) is 6.26. The number of nitrogens with one attached hydrogen (secondary N) is 1. The number of nitrogens with zero attached hydrogens (tertiary/aromatic N) is 2. The molecule has 132 valence electrons. The molecule has 0 aromatic heterocycles. The Morgan fingerprint density at radius 1 is 1.16 bits per heavy atom. The van der Waals surface area contributed by atoms with E-state index in [9.17, 15) is 0 Å². The molecule has 0 bridgehead atoms. The highest BCUT2D eigenvalue weighted by Crippen LogP contribution is 2.25. The quantitative estimate of drug-likeness (QED) is 0.778. The van der Waals surface area contributed by atoms with E-state index in [4.69, 9.17) is 4.74 Å². The van der Waals surface area contributed by atoms with Crippen LogP contribution in [0.4, 0.5) is 11.4 Å². The van der Waals surface area contributed by atoms with E-state index in [1.165, 1.54) is 25.3 Å². The van der Waals surface area contributed by atoms with E-state index in [1.54, 1.807) is 12.0 Å². The van der Waals surface area contributed by atoms with Crippen LogP contribution in [-0.2, 0) is 0 Å². The van der Waals surface area contributed by atoms with Crippen molar-refractivity contribution < 1.29 is 9.64 Å². The van der Waals surface area contributed by atoms with Crippen LogP contribution in [0, 0.1) is 0 Å². The Labute approximate surface area is 158 Å². The Kier molecular flexibility index (Phi) is 6.10. The van der Waals surface area contributed by atoms with Crippen molar-refractivity contribution in [2.45, 2.75) is 6.92 Å². The van der Waals surface area contributed by atoms with Crippen LogP contribution in [0.1, 0.15) is 12.5 Å². The fraction of sp³-hybridized carbons (Fsp3) is 0.350. The van der Waals surface area contributed by atoms with Crippen LogP contribution >= 0.6 is 15.9 Å². The summed E-state index contributed by atoms with van der Waals surface area (Å²) in [4.78, 5) is 8.74. The molecule has 25 heavy (non-hydrogen) atoms. The second-order valence-corrected chi connectivity index (χ2v) is 7.11. The minimum absolute atomic E-state index is 0.825. The number of rotatable bonds is 5. The lowest BCUT2D eigenvalue weighted by atomic mass is 10.2. The highest BCUT2D eigenvalue weighted by molar-refractivity contribution is 9.10. The van der Waals surface area contributed by atoms with Gasteiger partial charge in [0.25, 0.3) is 0 Å². The van der Waals surface area contributed by atoms with Gasteiger partial charge in [0.1, 0.15) is 5.75 Å². The maximum atomic E-state index is 5.25. The molecule has 2 aromatic rings. The van der Waals surface area contributed by atoms with Gasteiger partial charge in [0, 0.05) is 11.9 Å². The van der Waals surface area contributed by atoms with Crippen molar-refractivity contribution in [1.82, 2.24) is 0 Å². The Balaban J connectivity index is 1.63. The molecule has 1 fully saturated rings. The highest BCUT2D eigenvalue weighted by atomic mass is 79.9. The molecule has 5 heteroatoms. The van der Waals surface area contributed by atoms with Crippen molar-refractivity contribution in [1.29, 1.82) is 0 Å². The number of halogens is 1. The van der Waals surface area contributed by atoms with E-state index in [0.717, 1.165) is 34.6 Å². The molecule has 0 saturated carbocycles. The number of hydrogen-bond donors (Lipinski definition) is 1. The molecule has 0 atom stereocenters. The molecule has 0 aliphatic carbocycles. The average molecular weight is 403 g/mol. The molecule has 1 N–H and O–H groups in total. The summed E-state index contributed by atoms with van der Waals surface area (Å²) in [5.74, 6) is 0.825. The van der Waals surface area contributed by atoms with Crippen molar-refractivity contribution in [3.63, 3.8) is 0 Å². The molecule has 1 aliphatic rings. The summed E-state index contributed by atoms with van der Waals surface area (Å²) in [6.45, 7) is 8.20. The Morgan fingerprint density at radius 3 is 2.48 bits per heavy atom. The predicted molar refractivity (Wildman–Crippen MR) is 108 cm³/mol. The largest absolute Gasteiger partial charge is 0.496 e. The zero-order chi connectivity index (χ0) is 17.6. The Bertz CT molecular complexity index is 722. The first-order chi connectivity index (χ1) is 12.2. The van der Waals surface area contributed by atoms with Crippen LogP contribution in [0.2, 0.25) is 0 Å². The van der Waals surface area contributed by atoms with Gasteiger partial charge in [0.15, 0.2) is 0 Å². The third-order valence-electron chi connectivity index (χ3n) is 4.72. The lowest BCUT2D eigenvalue weighted by molar-refractivity contribution is -0.898.